The van der Waals surface area contributed by atoms with Gasteiger partial charge in [0.05, 0.1) is 6.61 Å². The van der Waals surface area contributed by atoms with E-state index in [2.05, 4.69) is 26.5 Å². The number of ether oxygens (including phenoxy) is 1. The van der Waals surface area contributed by atoms with Crippen LogP contribution in [0.1, 0.15) is 19.4 Å². The van der Waals surface area contributed by atoms with E-state index in [1.807, 2.05) is 25.1 Å². The van der Waals surface area contributed by atoms with E-state index in [0.29, 0.717) is 5.92 Å². The molecule has 0 spiro atoms. The van der Waals surface area contributed by atoms with Gasteiger partial charge in [0.2, 0.25) is 0 Å². The maximum atomic E-state index is 5.63. The molecule has 0 amide bonds. The normalized spacial score (nSPS) is 10.5. The molecular weight excluding hydrogens is 180 g/mol. The lowest BCUT2D eigenvalue weighted by Gasteiger charge is -2.11. The molecular formula is C11H16OS. The zero-order valence-electron chi connectivity index (χ0n) is 8.37. The Bertz CT molecular complexity index is 281. The fourth-order valence-electron chi connectivity index (χ4n) is 1.00. The van der Waals surface area contributed by atoms with Crippen LogP contribution < -0.4 is 4.74 Å². The number of rotatable bonds is 3. The van der Waals surface area contributed by atoms with Crippen LogP contribution in [0.4, 0.5) is 0 Å². The zero-order chi connectivity index (χ0) is 9.84. The lowest BCUT2D eigenvalue weighted by atomic mass is 10.2. The fraction of sp³-hybridized carbons (Fsp3) is 0.455. The average molecular weight is 196 g/mol. The second-order valence-corrected chi connectivity index (χ2v) is 4.17. The number of thiol groups is 1. The Balaban J connectivity index is 2.70. The van der Waals surface area contributed by atoms with Gasteiger partial charge in [-0.25, -0.2) is 0 Å². The predicted octanol–water partition coefficient (Wildman–Crippen LogP) is 3.32. The Hall–Kier alpha value is -0.630. The first-order valence-electron chi connectivity index (χ1n) is 4.52. The fourth-order valence-corrected chi connectivity index (χ4v) is 1.19. The first-order valence-corrected chi connectivity index (χ1v) is 4.96. The molecule has 0 atom stereocenters. The van der Waals surface area contributed by atoms with Gasteiger partial charge in [-0.3, -0.25) is 0 Å². The van der Waals surface area contributed by atoms with Gasteiger partial charge in [-0.05, 0) is 30.5 Å². The third-order valence-corrected chi connectivity index (χ3v) is 2.02. The summed E-state index contributed by atoms with van der Waals surface area (Å²) in [6, 6.07) is 5.96. The van der Waals surface area contributed by atoms with Crippen molar-refractivity contribution >= 4 is 12.6 Å². The molecule has 0 radical (unpaired) electrons. The van der Waals surface area contributed by atoms with Crippen molar-refractivity contribution in [2.24, 2.45) is 5.92 Å². The van der Waals surface area contributed by atoms with E-state index in [4.69, 9.17) is 4.74 Å². The van der Waals surface area contributed by atoms with Crippen LogP contribution in [0.25, 0.3) is 0 Å². The predicted molar refractivity (Wildman–Crippen MR) is 58.8 cm³/mol. The maximum Gasteiger partial charge on any atom is 0.123 e. The average Bonchev–Trinajstić information content (AvgIpc) is 2.06. The van der Waals surface area contributed by atoms with E-state index in [-0.39, 0.29) is 0 Å². The van der Waals surface area contributed by atoms with Crippen LogP contribution in [0.15, 0.2) is 23.1 Å². The van der Waals surface area contributed by atoms with Gasteiger partial charge in [0.1, 0.15) is 5.75 Å². The van der Waals surface area contributed by atoms with E-state index in [0.717, 1.165) is 17.3 Å². The number of aryl methyl sites for hydroxylation is 1. The highest BCUT2D eigenvalue weighted by atomic mass is 32.1. The minimum absolute atomic E-state index is 0.558. The first-order chi connectivity index (χ1) is 6.09. The van der Waals surface area contributed by atoms with Crippen LogP contribution in [-0.2, 0) is 0 Å². The van der Waals surface area contributed by atoms with Gasteiger partial charge >= 0.3 is 0 Å². The van der Waals surface area contributed by atoms with Crippen molar-refractivity contribution in [3.8, 4) is 5.75 Å². The summed E-state index contributed by atoms with van der Waals surface area (Å²) in [6.07, 6.45) is 0. The smallest absolute Gasteiger partial charge is 0.123 e. The Morgan fingerprint density at radius 1 is 1.38 bits per heavy atom. The molecule has 0 saturated carbocycles. The summed E-state index contributed by atoms with van der Waals surface area (Å²) in [4.78, 5) is 0.948. The molecule has 0 bridgehead atoms. The van der Waals surface area contributed by atoms with Gasteiger partial charge in [-0.15, -0.1) is 12.6 Å². The van der Waals surface area contributed by atoms with Gasteiger partial charge < -0.3 is 4.74 Å². The maximum absolute atomic E-state index is 5.63. The van der Waals surface area contributed by atoms with Crippen molar-refractivity contribution in [3.63, 3.8) is 0 Å². The standard InChI is InChI=1S/C11H16OS/c1-8(2)7-12-11-6-10(13)5-4-9(11)3/h4-6,8,13H,7H2,1-3H3. The zero-order valence-corrected chi connectivity index (χ0v) is 9.27. The van der Waals surface area contributed by atoms with E-state index in [1.165, 1.54) is 5.56 Å². The quantitative estimate of drug-likeness (QED) is 0.730. The highest BCUT2D eigenvalue weighted by Crippen LogP contribution is 2.21. The van der Waals surface area contributed by atoms with Crippen LogP contribution in [0.3, 0.4) is 0 Å². The molecule has 1 rings (SSSR count). The van der Waals surface area contributed by atoms with Crippen molar-refractivity contribution in [2.45, 2.75) is 25.7 Å². The monoisotopic (exact) mass is 196 g/mol. The van der Waals surface area contributed by atoms with Crippen molar-refractivity contribution in [3.05, 3.63) is 23.8 Å². The van der Waals surface area contributed by atoms with Crippen LogP contribution in [0, 0.1) is 12.8 Å². The van der Waals surface area contributed by atoms with Gasteiger partial charge in [-0.2, -0.15) is 0 Å². The molecule has 0 unspecified atom stereocenters. The highest BCUT2D eigenvalue weighted by molar-refractivity contribution is 7.80. The molecule has 0 heterocycles. The molecule has 1 aromatic carbocycles. The number of hydrogen-bond acceptors (Lipinski definition) is 2. The van der Waals surface area contributed by atoms with Crippen LogP contribution >= 0.6 is 12.6 Å². The molecule has 0 aliphatic carbocycles. The molecule has 0 fully saturated rings. The molecule has 13 heavy (non-hydrogen) atoms. The van der Waals surface area contributed by atoms with E-state index in [1.54, 1.807) is 0 Å². The first kappa shape index (κ1) is 10.5. The van der Waals surface area contributed by atoms with Crippen LogP contribution in [0.2, 0.25) is 0 Å². The Morgan fingerprint density at radius 3 is 2.69 bits per heavy atom. The van der Waals surface area contributed by atoms with E-state index < -0.39 is 0 Å². The minimum atomic E-state index is 0.558. The minimum Gasteiger partial charge on any atom is -0.493 e. The van der Waals surface area contributed by atoms with Crippen LogP contribution in [0.5, 0.6) is 5.75 Å². The molecule has 1 aromatic rings. The Labute approximate surface area is 85.5 Å². The van der Waals surface area contributed by atoms with Crippen molar-refractivity contribution < 1.29 is 4.74 Å². The number of benzene rings is 1. The van der Waals surface area contributed by atoms with Crippen LogP contribution in [-0.4, -0.2) is 6.61 Å². The van der Waals surface area contributed by atoms with Gasteiger partial charge in [-0.1, -0.05) is 19.9 Å². The summed E-state index contributed by atoms with van der Waals surface area (Å²) in [5, 5.41) is 0. The second-order valence-electron chi connectivity index (χ2n) is 3.65. The molecule has 0 saturated heterocycles. The largest absolute Gasteiger partial charge is 0.493 e. The molecule has 0 aromatic heterocycles. The molecule has 2 heteroatoms. The molecule has 1 nitrogen and oxygen atoms in total. The summed E-state index contributed by atoms with van der Waals surface area (Å²) in [5.41, 5.74) is 1.17. The second kappa shape index (κ2) is 4.56. The van der Waals surface area contributed by atoms with E-state index >= 15 is 0 Å². The van der Waals surface area contributed by atoms with Gasteiger partial charge in [0.25, 0.3) is 0 Å². The summed E-state index contributed by atoms with van der Waals surface area (Å²) < 4.78 is 5.63. The van der Waals surface area contributed by atoms with Gasteiger partial charge in [0, 0.05) is 4.90 Å². The van der Waals surface area contributed by atoms with Gasteiger partial charge in [0.15, 0.2) is 0 Å². The third-order valence-electron chi connectivity index (χ3n) is 1.74. The Morgan fingerprint density at radius 2 is 2.08 bits per heavy atom. The summed E-state index contributed by atoms with van der Waals surface area (Å²) in [5.74, 6) is 1.50. The summed E-state index contributed by atoms with van der Waals surface area (Å²) >= 11 is 4.27. The molecule has 0 aliphatic rings. The lowest BCUT2D eigenvalue weighted by Crippen LogP contribution is -2.05. The third kappa shape index (κ3) is 3.31. The molecule has 0 aliphatic heterocycles. The SMILES string of the molecule is Cc1ccc(S)cc1OCC(C)C. The summed E-state index contributed by atoms with van der Waals surface area (Å²) in [7, 11) is 0. The molecule has 0 N–H and O–H groups in total. The summed E-state index contributed by atoms with van der Waals surface area (Å²) in [6.45, 7) is 7.08. The highest BCUT2D eigenvalue weighted by Gasteiger charge is 2.01. The van der Waals surface area contributed by atoms with Crippen molar-refractivity contribution in [1.29, 1.82) is 0 Å². The van der Waals surface area contributed by atoms with Crippen molar-refractivity contribution in [1.82, 2.24) is 0 Å². The lowest BCUT2D eigenvalue weighted by molar-refractivity contribution is 0.269. The van der Waals surface area contributed by atoms with Crippen molar-refractivity contribution in [2.75, 3.05) is 6.61 Å². The molecule has 72 valence electrons. The number of hydrogen-bond donors (Lipinski definition) is 1. The van der Waals surface area contributed by atoms with E-state index in [9.17, 15) is 0 Å². The Kier molecular flexibility index (Phi) is 3.67. The topological polar surface area (TPSA) is 9.23 Å².